The predicted molar refractivity (Wildman–Crippen MR) is 117 cm³/mol. The number of ketones is 1. The predicted octanol–water partition coefficient (Wildman–Crippen LogP) is 3.96. The van der Waals surface area contributed by atoms with E-state index in [1.54, 1.807) is 16.4 Å². The first-order valence-corrected chi connectivity index (χ1v) is 11.7. The molecule has 0 aliphatic carbocycles. The zero-order valence-electron chi connectivity index (χ0n) is 17.6. The number of hydrogen-bond donors (Lipinski definition) is 0. The quantitative estimate of drug-likeness (QED) is 0.580. The molecule has 0 saturated carbocycles. The monoisotopic (exact) mass is 425 g/mol. The number of benzene rings is 2. The Hall–Kier alpha value is -2.51. The highest BCUT2D eigenvalue weighted by molar-refractivity contribution is 7.89. The molecule has 2 heterocycles. The Kier molecular flexibility index (Phi) is 5.51. The number of sulfonamides is 1. The summed E-state index contributed by atoms with van der Waals surface area (Å²) in [6, 6.07) is 10.5. The fraction of sp³-hybridized carbons (Fsp3) is 0.391. The fourth-order valence-electron chi connectivity index (χ4n) is 4.08. The van der Waals surface area contributed by atoms with Crippen LogP contribution in [-0.4, -0.2) is 41.1 Å². The van der Waals surface area contributed by atoms with Gasteiger partial charge in [0.2, 0.25) is 10.0 Å². The van der Waals surface area contributed by atoms with Crippen molar-refractivity contribution >= 4 is 26.8 Å². The van der Waals surface area contributed by atoms with Crippen LogP contribution in [0.2, 0.25) is 0 Å². The summed E-state index contributed by atoms with van der Waals surface area (Å²) in [5.74, 6) is 0.340. The third-order valence-electron chi connectivity index (χ3n) is 6.16. The van der Waals surface area contributed by atoms with Gasteiger partial charge < -0.3 is 4.57 Å². The molecule has 0 atom stereocenters. The number of piperidine rings is 1. The summed E-state index contributed by atoms with van der Waals surface area (Å²) in [4.78, 5) is 16.2. The number of carbonyl (C=O) groups excluding carboxylic acids is 1. The summed E-state index contributed by atoms with van der Waals surface area (Å²) in [6.45, 7) is 7.54. The Morgan fingerprint density at radius 1 is 1.07 bits per heavy atom. The van der Waals surface area contributed by atoms with Crippen molar-refractivity contribution in [1.82, 2.24) is 13.9 Å². The van der Waals surface area contributed by atoms with E-state index in [4.69, 9.17) is 0 Å². The van der Waals surface area contributed by atoms with Crippen molar-refractivity contribution in [2.24, 2.45) is 5.92 Å². The van der Waals surface area contributed by atoms with Crippen LogP contribution in [0.3, 0.4) is 0 Å². The molecule has 0 unspecified atom stereocenters. The van der Waals surface area contributed by atoms with Crippen LogP contribution in [0.1, 0.15) is 41.3 Å². The zero-order chi connectivity index (χ0) is 21.5. The molecule has 0 N–H and O–H groups in total. The van der Waals surface area contributed by atoms with E-state index in [9.17, 15) is 13.2 Å². The van der Waals surface area contributed by atoms with E-state index in [1.165, 1.54) is 30.2 Å². The molecule has 0 radical (unpaired) electrons. The topological polar surface area (TPSA) is 72.3 Å². The Bertz CT molecular complexity index is 1190. The number of aryl methyl sites for hydroxylation is 2. The highest BCUT2D eigenvalue weighted by Gasteiger charge is 2.29. The number of hydrogen-bond acceptors (Lipinski definition) is 4. The van der Waals surface area contributed by atoms with Gasteiger partial charge in [-0.2, -0.15) is 4.31 Å². The second-order valence-corrected chi connectivity index (χ2v) is 10.2. The maximum Gasteiger partial charge on any atom is 0.243 e. The average molecular weight is 426 g/mol. The van der Waals surface area contributed by atoms with Gasteiger partial charge in [0, 0.05) is 25.2 Å². The van der Waals surface area contributed by atoms with E-state index >= 15 is 0 Å². The van der Waals surface area contributed by atoms with Gasteiger partial charge in [-0.25, -0.2) is 13.4 Å². The van der Waals surface area contributed by atoms with Crippen LogP contribution in [-0.2, 0) is 16.6 Å². The summed E-state index contributed by atoms with van der Waals surface area (Å²) in [6.07, 6.45) is 3.52. The van der Waals surface area contributed by atoms with Crippen LogP contribution in [0, 0.1) is 19.8 Å². The van der Waals surface area contributed by atoms with E-state index < -0.39 is 10.0 Å². The summed E-state index contributed by atoms with van der Waals surface area (Å²) >= 11 is 0. The molecule has 7 heteroatoms. The first kappa shape index (κ1) is 20.8. The molecule has 0 bridgehead atoms. The van der Waals surface area contributed by atoms with Crippen molar-refractivity contribution in [1.29, 1.82) is 0 Å². The van der Waals surface area contributed by atoms with Crippen LogP contribution in [0.4, 0.5) is 0 Å². The van der Waals surface area contributed by atoms with Gasteiger partial charge in [0.15, 0.2) is 5.78 Å². The molecule has 1 aromatic heterocycles. The molecule has 1 aliphatic heterocycles. The van der Waals surface area contributed by atoms with Crippen molar-refractivity contribution in [3.63, 3.8) is 0 Å². The lowest BCUT2D eigenvalue weighted by molar-refractivity contribution is 0.101. The van der Waals surface area contributed by atoms with Gasteiger partial charge in [0.1, 0.15) is 0 Å². The minimum Gasteiger partial charge on any atom is -0.330 e. The van der Waals surface area contributed by atoms with Gasteiger partial charge in [-0.3, -0.25) is 4.79 Å². The lowest BCUT2D eigenvalue weighted by atomic mass is 9.98. The Morgan fingerprint density at radius 3 is 2.33 bits per heavy atom. The van der Waals surface area contributed by atoms with E-state index in [-0.39, 0.29) is 10.7 Å². The first-order chi connectivity index (χ1) is 14.3. The van der Waals surface area contributed by atoms with E-state index in [0.717, 1.165) is 30.4 Å². The molecule has 1 saturated heterocycles. The van der Waals surface area contributed by atoms with E-state index in [0.29, 0.717) is 24.6 Å². The Labute approximate surface area is 177 Å². The number of rotatable bonds is 5. The molecule has 1 aliphatic rings. The molecule has 158 valence electrons. The molecular formula is C23H27N3O3S. The maximum absolute atomic E-state index is 13.0. The Morgan fingerprint density at radius 2 is 1.70 bits per heavy atom. The zero-order valence-corrected chi connectivity index (χ0v) is 18.4. The average Bonchev–Trinajstić information content (AvgIpc) is 3.10. The SMILES string of the molecule is CC(=O)c1ccc(S(=O)(=O)N2CCC(Cn3cnc4cc(C)c(C)cc43)CC2)cc1. The molecule has 0 spiro atoms. The summed E-state index contributed by atoms with van der Waals surface area (Å²) in [5.41, 5.74) is 5.15. The first-order valence-electron chi connectivity index (χ1n) is 10.3. The highest BCUT2D eigenvalue weighted by atomic mass is 32.2. The highest BCUT2D eigenvalue weighted by Crippen LogP contribution is 2.27. The van der Waals surface area contributed by atoms with Gasteiger partial charge >= 0.3 is 0 Å². The lowest BCUT2D eigenvalue weighted by Crippen LogP contribution is -2.39. The molecule has 1 fully saturated rings. The van der Waals surface area contributed by atoms with Crippen molar-refractivity contribution < 1.29 is 13.2 Å². The van der Waals surface area contributed by atoms with Crippen LogP contribution < -0.4 is 0 Å². The normalized spacial score (nSPS) is 16.2. The second kappa shape index (κ2) is 7.96. The molecular weight excluding hydrogens is 398 g/mol. The van der Waals surface area contributed by atoms with Gasteiger partial charge in [-0.1, -0.05) is 12.1 Å². The van der Waals surface area contributed by atoms with Gasteiger partial charge in [-0.15, -0.1) is 0 Å². The van der Waals surface area contributed by atoms with Crippen LogP contribution in [0.25, 0.3) is 11.0 Å². The standard InChI is InChI=1S/C23H27N3O3S/c1-16-12-22-23(13-17(16)2)25(15-24-22)14-19-8-10-26(11-9-19)30(28,29)21-6-4-20(5-7-21)18(3)27/h4-7,12-13,15,19H,8-11,14H2,1-3H3. The van der Waals surface area contributed by atoms with Crippen LogP contribution in [0.5, 0.6) is 0 Å². The van der Waals surface area contributed by atoms with Crippen LogP contribution in [0.15, 0.2) is 47.6 Å². The maximum atomic E-state index is 13.0. The third kappa shape index (κ3) is 3.91. The molecule has 6 nitrogen and oxygen atoms in total. The molecule has 3 aromatic rings. The van der Waals surface area contributed by atoms with E-state index in [2.05, 4.69) is 35.5 Å². The van der Waals surface area contributed by atoms with Crippen molar-refractivity contribution in [3.05, 3.63) is 59.4 Å². The molecule has 4 rings (SSSR count). The molecule has 0 amide bonds. The van der Waals surface area contributed by atoms with Gasteiger partial charge in [0.05, 0.1) is 22.3 Å². The molecule has 2 aromatic carbocycles. The largest absolute Gasteiger partial charge is 0.330 e. The number of nitrogens with zero attached hydrogens (tertiary/aromatic N) is 3. The summed E-state index contributed by atoms with van der Waals surface area (Å²) in [5, 5.41) is 0. The van der Waals surface area contributed by atoms with Crippen molar-refractivity contribution in [3.8, 4) is 0 Å². The van der Waals surface area contributed by atoms with Gasteiger partial charge in [0.25, 0.3) is 0 Å². The van der Waals surface area contributed by atoms with E-state index in [1.807, 2.05) is 6.33 Å². The van der Waals surface area contributed by atoms with Crippen LogP contribution >= 0.6 is 0 Å². The number of aromatic nitrogens is 2. The lowest BCUT2D eigenvalue weighted by Gasteiger charge is -2.31. The fourth-order valence-corrected chi connectivity index (χ4v) is 5.55. The minimum absolute atomic E-state index is 0.0721. The smallest absolute Gasteiger partial charge is 0.243 e. The summed E-state index contributed by atoms with van der Waals surface area (Å²) in [7, 11) is -3.53. The number of imidazole rings is 1. The van der Waals surface area contributed by atoms with Crippen molar-refractivity contribution in [2.75, 3.05) is 13.1 Å². The number of carbonyl (C=O) groups is 1. The Balaban J connectivity index is 1.43. The summed E-state index contributed by atoms with van der Waals surface area (Å²) < 4.78 is 29.7. The third-order valence-corrected chi connectivity index (χ3v) is 8.08. The van der Waals surface area contributed by atoms with Gasteiger partial charge in [-0.05, 0) is 74.9 Å². The second-order valence-electron chi connectivity index (χ2n) is 8.25. The number of Topliss-reactive ketones (excluding diaryl/α,β-unsaturated/α-hetero) is 1. The number of fused-ring (bicyclic) bond motifs is 1. The molecule has 30 heavy (non-hydrogen) atoms. The van der Waals surface area contributed by atoms with Crippen molar-refractivity contribution in [2.45, 2.75) is 45.1 Å². The minimum atomic E-state index is -3.53.